The second-order valence-corrected chi connectivity index (χ2v) is 5.77. The summed E-state index contributed by atoms with van der Waals surface area (Å²) in [4.78, 5) is 0. The summed E-state index contributed by atoms with van der Waals surface area (Å²) in [5, 5.41) is 3.61. The lowest BCUT2D eigenvalue weighted by molar-refractivity contribution is 0.309. The fourth-order valence-corrected chi connectivity index (χ4v) is 3.21. The Balaban J connectivity index is 1.95. The first-order valence-electron chi connectivity index (χ1n) is 8.56. The molecule has 0 spiro atoms. The summed E-state index contributed by atoms with van der Waals surface area (Å²) in [6, 6.07) is 12.7. The topological polar surface area (TPSA) is 39.7 Å². The number of rotatable bonds is 6. The van der Waals surface area contributed by atoms with Crippen molar-refractivity contribution >= 4 is 0 Å². The van der Waals surface area contributed by atoms with Crippen LogP contribution in [0.4, 0.5) is 0 Å². The Kier molecular flexibility index (Phi) is 5.26. The molecule has 4 heteroatoms. The Morgan fingerprint density at radius 2 is 1.75 bits per heavy atom. The maximum atomic E-state index is 5.72. The highest BCUT2D eigenvalue weighted by Crippen LogP contribution is 2.37. The molecule has 1 aliphatic heterocycles. The van der Waals surface area contributed by atoms with Crippen LogP contribution in [-0.2, 0) is 6.42 Å². The number of fused-ring (bicyclic) bond motifs is 1. The molecule has 2 aromatic rings. The van der Waals surface area contributed by atoms with Crippen LogP contribution in [0.5, 0.6) is 17.2 Å². The smallest absolute Gasteiger partial charge is 0.161 e. The number of hydrogen-bond donors (Lipinski definition) is 1. The summed E-state index contributed by atoms with van der Waals surface area (Å²) < 4.78 is 16.8. The first-order valence-corrected chi connectivity index (χ1v) is 8.56. The minimum Gasteiger partial charge on any atom is -0.494 e. The number of benzene rings is 2. The van der Waals surface area contributed by atoms with Gasteiger partial charge in [-0.15, -0.1) is 0 Å². The third-order valence-corrected chi connectivity index (χ3v) is 4.30. The van der Waals surface area contributed by atoms with Gasteiger partial charge < -0.3 is 19.5 Å². The van der Waals surface area contributed by atoms with Crippen molar-refractivity contribution in [3.05, 3.63) is 53.1 Å². The fourth-order valence-electron chi connectivity index (χ4n) is 3.21. The molecule has 0 aliphatic carbocycles. The van der Waals surface area contributed by atoms with Gasteiger partial charge in [0.25, 0.3) is 0 Å². The molecule has 1 N–H and O–H groups in total. The van der Waals surface area contributed by atoms with E-state index in [2.05, 4.69) is 29.6 Å². The van der Waals surface area contributed by atoms with Crippen molar-refractivity contribution in [3.63, 3.8) is 0 Å². The van der Waals surface area contributed by atoms with E-state index in [0.29, 0.717) is 13.2 Å². The summed E-state index contributed by atoms with van der Waals surface area (Å²) in [5.74, 6) is 2.52. The molecule has 0 fully saturated rings. The van der Waals surface area contributed by atoms with Crippen LogP contribution in [0.1, 0.15) is 36.6 Å². The lowest BCUT2D eigenvalue weighted by Crippen LogP contribution is -2.30. The van der Waals surface area contributed by atoms with Crippen molar-refractivity contribution in [3.8, 4) is 17.2 Å². The van der Waals surface area contributed by atoms with Gasteiger partial charge >= 0.3 is 0 Å². The van der Waals surface area contributed by atoms with E-state index in [-0.39, 0.29) is 6.04 Å². The Labute approximate surface area is 143 Å². The zero-order valence-corrected chi connectivity index (χ0v) is 14.6. The van der Waals surface area contributed by atoms with Crippen LogP contribution >= 0.6 is 0 Å². The average Bonchev–Trinajstić information content (AvgIpc) is 2.62. The molecule has 3 rings (SSSR count). The van der Waals surface area contributed by atoms with E-state index >= 15 is 0 Å². The van der Waals surface area contributed by atoms with Crippen LogP contribution in [0, 0.1) is 0 Å². The molecule has 1 heterocycles. The van der Waals surface area contributed by atoms with Gasteiger partial charge in [0, 0.05) is 6.54 Å². The summed E-state index contributed by atoms with van der Waals surface area (Å²) in [7, 11) is 1.69. The predicted molar refractivity (Wildman–Crippen MR) is 95.3 cm³/mol. The number of ether oxygens (including phenoxy) is 3. The molecule has 24 heavy (non-hydrogen) atoms. The third kappa shape index (κ3) is 3.34. The largest absolute Gasteiger partial charge is 0.494 e. The van der Waals surface area contributed by atoms with Gasteiger partial charge in [0.15, 0.2) is 11.5 Å². The highest BCUT2D eigenvalue weighted by Gasteiger charge is 2.24. The summed E-state index contributed by atoms with van der Waals surface area (Å²) in [6.45, 7) is 6.25. The Bertz CT molecular complexity index is 682. The van der Waals surface area contributed by atoms with Crippen LogP contribution in [-0.4, -0.2) is 26.9 Å². The van der Waals surface area contributed by atoms with Crippen LogP contribution in [0.3, 0.4) is 0 Å². The molecule has 0 amide bonds. The number of hydrogen-bond acceptors (Lipinski definition) is 4. The number of methoxy groups -OCH3 is 1. The van der Waals surface area contributed by atoms with E-state index in [4.69, 9.17) is 14.2 Å². The standard InChI is InChI=1S/C20H25NO3/c1-4-23-16-8-6-14(7-9-16)20-17-13-18(22-3)19(24-5-2)12-15(17)10-11-21-20/h6-9,12-13,20-21H,4-5,10-11H2,1-3H3/t20-/m0/s1. The average molecular weight is 327 g/mol. The Hall–Kier alpha value is -2.20. The molecule has 0 radical (unpaired) electrons. The SMILES string of the molecule is CCOc1ccc([C@@H]2NCCc3cc(OCC)c(OC)cc32)cc1. The quantitative estimate of drug-likeness (QED) is 0.877. The zero-order chi connectivity index (χ0) is 16.9. The van der Waals surface area contributed by atoms with Crippen molar-refractivity contribution in [2.24, 2.45) is 0 Å². The van der Waals surface area contributed by atoms with Crippen LogP contribution in [0.25, 0.3) is 0 Å². The van der Waals surface area contributed by atoms with Crippen molar-refractivity contribution in [2.45, 2.75) is 26.3 Å². The molecule has 1 atom stereocenters. The number of nitrogens with one attached hydrogen (secondary N) is 1. The maximum Gasteiger partial charge on any atom is 0.161 e. The van der Waals surface area contributed by atoms with Crippen molar-refractivity contribution in [1.82, 2.24) is 5.32 Å². The molecule has 0 bridgehead atoms. The molecular weight excluding hydrogens is 302 g/mol. The van der Waals surface area contributed by atoms with Gasteiger partial charge in [-0.25, -0.2) is 0 Å². The van der Waals surface area contributed by atoms with Crippen molar-refractivity contribution in [2.75, 3.05) is 26.9 Å². The molecular formula is C20H25NO3. The van der Waals surface area contributed by atoms with E-state index in [0.717, 1.165) is 30.2 Å². The van der Waals surface area contributed by atoms with E-state index in [1.54, 1.807) is 7.11 Å². The first kappa shape index (κ1) is 16.7. The summed E-state index contributed by atoms with van der Waals surface area (Å²) in [6.07, 6.45) is 0.993. The molecule has 0 unspecified atom stereocenters. The van der Waals surface area contributed by atoms with Gasteiger partial charge in [0.1, 0.15) is 5.75 Å². The van der Waals surface area contributed by atoms with Crippen LogP contribution in [0.15, 0.2) is 36.4 Å². The molecule has 0 saturated heterocycles. The van der Waals surface area contributed by atoms with Gasteiger partial charge in [-0.2, -0.15) is 0 Å². The van der Waals surface area contributed by atoms with E-state index in [1.807, 2.05) is 26.0 Å². The minimum atomic E-state index is 0.161. The van der Waals surface area contributed by atoms with Crippen molar-refractivity contribution in [1.29, 1.82) is 0 Å². The van der Waals surface area contributed by atoms with Crippen LogP contribution < -0.4 is 19.5 Å². The Morgan fingerprint density at radius 3 is 2.42 bits per heavy atom. The van der Waals surface area contributed by atoms with Gasteiger partial charge in [-0.1, -0.05) is 12.1 Å². The van der Waals surface area contributed by atoms with Gasteiger partial charge in [0.05, 0.1) is 26.4 Å². The molecule has 2 aromatic carbocycles. The van der Waals surface area contributed by atoms with E-state index < -0.39 is 0 Å². The van der Waals surface area contributed by atoms with Crippen molar-refractivity contribution < 1.29 is 14.2 Å². The maximum absolute atomic E-state index is 5.72. The molecule has 128 valence electrons. The second kappa shape index (κ2) is 7.58. The molecule has 4 nitrogen and oxygen atoms in total. The van der Waals surface area contributed by atoms with E-state index in [9.17, 15) is 0 Å². The van der Waals surface area contributed by atoms with Crippen LogP contribution in [0.2, 0.25) is 0 Å². The predicted octanol–water partition coefficient (Wildman–Crippen LogP) is 3.73. The first-order chi connectivity index (χ1) is 11.8. The zero-order valence-electron chi connectivity index (χ0n) is 14.6. The minimum absolute atomic E-state index is 0.161. The molecule has 0 saturated carbocycles. The lowest BCUT2D eigenvalue weighted by Gasteiger charge is -2.28. The normalized spacial score (nSPS) is 16.4. The lowest BCUT2D eigenvalue weighted by atomic mass is 9.89. The van der Waals surface area contributed by atoms with Gasteiger partial charge in [-0.05, 0) is 61.2 Å². The molecule has 0 aromatic heterocycles. The highest BCUT2D eigenvalue weighted by atomic mass is 16.5. The summed E-state index contributed by atoms with van der Waals surface area (Å²) in [5.41, 5.74) is 3.80. The fraction of sp³-hybridized carbons (Fsp3) is 0.400. The van der Waals surface area contributed by atoms with Gasteiger partial charge in [-0.3, -0.25) is 0 Å². The second-order valence-electron chi connectivity index (χ2n) is 5.77. The van der Waals surface area contributed by atoms with E-state index in [1.165, 1.54) is 16.7 Å². The summed E-state index contributed by atoms with van der Waals surface area (Å²) >= 11 is 0. The van der Waals surface area contributed by atoms with Gasteiger partial charge in [0.2, 0.25) is 0 Å². The Morgan fingerprint density at radius 1 is 1.00 bits per heavy atom. The monoisotopic (exact) mass is 327 g/mol. The molecule has 1 aliphatic rings. The highest BCUT2D eigenvalue weighted by molar-refractivity contribution is 5.51. The third-order valence-electron chi connectivity index (χ3n) is 4.30.